The summed E-state index contributed by atoms with van der Waals surface area (Å²) in [6.45, 7) is 7.75. The van der Waals surface area contributed by atoms with E-state index in [2.05, 4.69) is 31.4 Å². The summed E-state index contributed by atoms with van der Waals surface area (Å²) in [4.78, 5) is 11.0. The van der Waals surface area contributed by atoms with Crippen molar-refractivity contribution in [3.63, 3.8) is 0 Å². The Bertz CT molecular complexity index is 486. The summed E-state index contributed by atoms with van der Waals surface area (Å²) in [6.07, 6.45) is 0.0269. The van der Waals surface area contributed by atoms with E-state index in [1.54, 1.807) is 18.2 Å². The molecule has 118 valence electrons. The van der Waals surface area contributed by atoms with Crippen LogP contribution in [0.2, 0.25) is 5.02 Å². The fraction of sp³-hybridized carbons (Fsp3) is 0.533. The van der Waals surface area contributed by atoms with Gasteiger partial charge in [0.25, 0.3) is 0 Å². The Morgan fingerprint density at radius 2 is 2.10 bits per heavy atom. The lowest BCUT2D eigenvalue weighted by atomic mass is 9.97. The van der Waals surface area contributed by atoms with Crippen LogP contribution in [0.3, 0.4) is 0 Å². The van der Waals surface area contributed by atoms with E-state index >= 15 is 0 Å². The van der Waals surface area contributed by atoms with Crippen molar-refractivity contribution in [1.29, 1.82) is 0 Å². The van der Waals surface area contributed by atoms with Crippen LogP contribution < -0.4 is 16.4 Å². The predicted octanol–water partition coefficient (Wildman–Crippen LogP) is 2.81. The molecule has 0 saturated carbocycles. The Morgan fingerprint density at radius 1 is 1.43 bits per heavy atom. The molecule has 1 aromatic carbocycles. The van der Waals surface area contributed by atoms with E-state index in [-0.39, 0.29) is 17.9 Å². The third kappa shape index (κ3) is 7.20. The molecule has 0 amide bonds. The Kier molecular flexibility index (Phi) is 6.30. The predicted molar refractivity (Wildman–Crippen MR) is 87.9 cm³/mol. The summed E-state index contributed by atoms with van der Waals surface area (Å²) in [5.74, 6) is -0.841. The van der Waals surface area contributed by atoms with Crippen molar-refractivity contribution in [2.75, 3.05) is 24.1 Å². The van der Waals surface area contributed by atoms with Gasteiger partial charge in [0, 0.05) is 24.8 Å². The van der Waals surface area contributed by atoms with Crippen LogP contribution >= 0.6 is 11.6 Å². The molecule has 0 unspecified atom stereocenters. The molecule has 1 rings (SSSR count). The SMILES string of the molecule is CC(C)(C)CNC[C@H](CC(=O)O)Nc1ccc(N)c(Cl)c1. The van der Waals surface area contributed by atoms with Gasteiger partial charge in [-0.2, -0.15) is 0 Å². The zero-order valence-electron chi connectivity index (χ0n) is 12.7. The summed E-state index contributed by atoms with van der Waals surface area (Å²) in [6, 6.07) is 4.98. The van der Waals surface area contributed by atoms with Crippen LogP contribution in [-0.4, -0.2) is 30.2 Å². The third-order valence-electron chi connectivity index (χ3n) is 2.84. The normalized spacial score (nSPS) is 13.0. The van der Waals surface area contributed by atoms with E-state index in [1.165, 1.54) is 0 Å². The summed E-state index contributed by atoms with van der Waals surface area (Å²) >= 11 is 5.97. The van der Waals surface area contributed by atoms with Crippen molar-refractivity contribution < 1.29 is 9.90 Å². The highest BCUT2D eigenvalue weighted by atomic mass is 35.5. The minimum absolute atomic E-state index is 0.0269. The number of carbonyl (C=O) groups is 1. The first kappa shape index (κ1) is 17.6. The van der Waals surface area contributed by atoms with E-state index in [0.29, 0.717) is 17.3 Å². The molecule has 1 aromatic rings. The lowest BCUT2D eigenvalue weighted by molar-refractivity contribution is -0.137. The van der Waals surface area contributed by atoms with Gasteiger partial charge in [0.2, 0.25) is 0 Å². The van der Waals surface area contributed by atoms with Crippen LogP contribution in [0.15, 0.2) is 18.2 Å². The van der Waals surface area contributed by atoms with Crippen molar-refractivity contribution in [1.82, 2.24) is 5.32 Å². The largest absolute Gasteiger partial charge is 0.481 e. The maximum absolute atomic E-state index is 11.0. The molecule has 0 bridgehead atoms. The molecule has 21 heavy (non-hydrogen) atoms. The molecule has 0 aliphatic carbocycles. The topological polar surface area (TPSA) is 87.4 Å². The highest BCUT2D eigenvalue weighted by Crippen LogP contribution is 2.23. The molecule has 0 heterocycles. The number of nitrogens with two attached hydrogens (primary N) is 1. The fourth-order valence-corrected chi connectivity index (χ4v) is 2.04. The molecular weight excluding hydrogens is 290 g/mol. The first-order chi connectivity index (χ1) is 9.67. The van der Waals surface area contributed by atoms with Gasteiger partial charge in [-0.05, 0) is 23.6 Å². The van der Waals surface area contributed by atoms with Gasteiger partial charge in [0.15, 0.2) is 0 Å². The Balaban J connectivity index is 2.64. The van der Waals surface area contributed by atoms with Crippen molar-refractivity contribution in [2.45, 2.75) is 33.2 Å². The van der Waals surface area contributed by atoms with Gasteiger partial charge < -0.3 is 21.5 Å². The maximum Gasteiger partial charge on any atom is 0.305 e. The Labute approximate surface area is 130 Å². The zero-order valence-corrected chi connectivity index (χ0v) is 13.5. The molecular formula is C15H24ClN3O2. The van der Waals surface area contributed by atoms with E-state index in [4.69, 9.17) is 22.4 Å². The molecule has 0 fully saturated rings. The smallest absolute Gasteiger partial charge is 0.305 e. The average Bonchev–Trinajstić information content (AvgIpc) is 2.31. The number of anilines is 2. The Hall–Kier alpha value is -1.46. The lowest BCUT2D eigenvalue weighted by Crippen LogP contribution is -2.38. The number of nitrogen functional groups attached to an aromatic ring is 1. The molecule has 1 atom stereocenters. The minimum Gasteiger partial charge on any atom is -0.481 e. The molecule has 0 spiro atoms. The summed E-state index contributed by atoms with van der Waals surface area (Å²) in [7, 11) is 0. The number of aliphatic carboxylic acids is 1. The average molecular weight is 314 g/mol. The third-order valence-corrected chi connectivity index (χ3v) is 3.17. The van der Waals surface area contributed by atoms with Gasteiger partial charge >= 0.3 is 5.97 Å². The quantitative estimate of drug-likeness (QED) is 0.581. The molecule has 0 aliphatic heterocycles. The van der Waals surface area contributed by atoms with E-state index in [1.807, 2.05) is 0 Å². The molecule has 5 nitrogen and oxygen atoms in total. The number of nitrogens with one attached hydrogen (secondary N) is 2. The van der Waals surface area contributed by atoms with E-state index in [0.717, 1.165) is 12.2 Å². The standard InChI is InChI=1S/C15H24ClN3O2/c1-15(2,3)9-18-8-11(7-14(20)21)19-10-4-5-13(17)12(16)6-10/h4-6,11,18-19H,7-9,17H2,1-3H3,(H,20,21)/t11-/m0/s1. The first-order valence-corrected chi connectivity index (χ1v) is 7.29. The highest BCUT2D eigenvalue weighted by molar-refractivity contribution is 6.33. The van der Waals surface area contributed by atoms with Crippen LogP contribution in [-0.2, 0) is 4.79 Å². The second kappa shape index (κ2) is 7.52. The van der Waals surface area contributed by atoms with Crippen LogP contribution in [0, 0.1) is 5.41 Å². The lowest BCUT2D eigenvalue weighted by Gasteiger charge is -2.23. The number of hydrogen-bond donors (Lipinski definition) is 4. The first-order valence-electron chi connectivity index (χ1n) is 6.91. The van der Waals surface area contributed by atoms with Crippen LogP contribution in [0.4, 0.5) is 11.4 Å². The van der Waals surface area contributed by atoms with Crippen molar-refractivity contribution in [2.24, 2.45) is 5.41 Å². The summed E-state index contributed by atoms with van der Waals surface area (Å²) in [5, 5.41) is 15.9. The van der Waals surface area contributed by atoms with Crippen LogP contribution in [0.1, 0.15) is 27.2 Å². The Morgan fingerprint density at radius 3 is 2.62 bits per heavy atom. The van der Waals surface area contributed by atoms with Gasteiger partial charge in [0.1, 0.15) is 0 Å². The van der Waals surface area contributed by atoms with Crippen molar-refractivity contribution >= 4 is 28.9 Å². The number of benzene rings is 1. The molecule has 0 radical (unpaired) electrons. The fourth-order valence-electron chi connectivity index (χ4n) is 1.86. The molecule has 5 N–H and O–H groups in total. The number of halogens is 1. The number of hydrogen-bond acceptors (Lipinski definition) is 4. The minimum atomic E-state index is -0.841. The summed E-state index contributed by atoms with van der Waals surface area (Å²) < 4.78 is 0. The molecule has 0 aromatic heterocycles. The van der Waals surface area contributed by atoms with E-state index < -0.39 is 5.97 Å². The second-order valence-corrected chi connectivity index (χ2v) is 6.77. The van der Waals surface area contributed by atoms with Gasteiger partial charge in [-0.3, -0.25) is 4.79 Å². The molecule has 0 saturated heterocycles. The number of carboxylic acids is 1. The van der Waals surface area contributed by atoms with Gasteiger partial charge in [0.05, 0.1) is 17.1 Å². The van der Waals surface area contributed by atoms with Crippen molar-refractivity contribution in [3.8, 4) is 0 Å². The van der Waals surface area contributed by atoms with Gasteiger partial charge in [-0.25, -0.2) is 0 Å². The van der Waals surface area contributed by atoms with Gasteiger partial charge in [-0.1, -0.05) is 32.4 Å². The maximum atomic E-state index is 11.0. The molecule has 0 aliphatic rings. The van der Waals surface area contributed by atoms with Gasteiger partial charge in [-0.15, -0.1) is 0 Å². The second-order valence-electron chi connectivity index (χ2n) is 6.37. The number of rotatable bonds is 7. The highest BCUT2D eigenvalue weighted by Gasteiger charge is 2.15. The van der Waals surface area contributed by atoms with Crippen molar-refractivity contribution in [3.05, 3.63) is 23.2 Å². The van der Waals surface area contributed by atoms with Crippen LogP contribution in [0.25, 0.3) is 0 Å². The van der Waals surface area contributed by atoms with Crippen LogP contribution in [0.5, 0.6) is 0 Å². The number of carboxylic acid groups (broad SMARTS) is 1. The zero-order chi connectivity index (χ0) is 16.0. The van der Waals surface area contributed by atoms with E-state index in [9.17, 15) is 4.79 Å². The molecule has 6 heteroatoms. The summed E-state index contributed by atoms with van der Waals surface area (Å²) in [5.41, 5.74) is 7.08. The monoisotopic (exact) mass is 313 g/mol.